The first-order chi connectivity index (χ1) is 22.6. The van der Waals surface area contributed by atoms with E-state index in [2.05, 4.69) is 0 Å². The van der Waals surface area contributed by atoms with Crippen LogP contribution >= 0.6 is 0 Å². The Balaban J connectivity index is 2.18. The largest absolute Gasteiger partial charge is 0.463 e. The number of fused-ring (bicyclic) bond motifs is 2. The van der Waals surface area contributed by atoms with E-state index in [1.807, 2.05) is 0 Å². The second-order valence-electron chi connectivity index (χ2n) is 14.1. The standard InChI is InChI=1S/C35H46O14/c1-17-23(40)15-34(32(6,7)43)26(17)27(49-31(42)22-12-10-9-11-13-22)30(48-21(5)39)33(8)24(46-19(3)37)14-25(47-20(4)38)35(44,16-45-18(2)36)28(33)29(34)41/h9-13,23-25,27-30,40-41,43-44H,14-16H2,1-8H3/t23-,24+,25-,27+,28+,29-,30-,33+,34-,35-/m0/s1. The van der Waals surface area contributed by atoms with Crippen LogP contribution in [0, 0.1) is 16.7 Å². The molecule has 0 radical (unpaired) electrons. The van der Waals surface area contributed by atoms with E-state index in [9.17, 15) is 44.4 Å². The lowest BCUT2D eigenvalue weighted by molar-refractivity contribution is -0.292. The predicted octanol–water partition coefficient (Wildman–Crippen LogP) is 1.54. The molecule has 0 bridgehead atoms. The lowest BCUT2D eigenvalue weighted by Crippen LogP contribution is -2.74. The zero-order chi connectivity index (χ0) is 36.9. The maximum atomic E-state index is 13.8. The summed E-state index contributed by atoms with van der Waals surface area (Å²) >= 11 is 0. The summed E-state index contributed by atoms with van der Waals surface area (Å²) in [6.45, 7) is 9.16. The Morgan fingerprint density at radius 1 is 0.857 bits per heavy atom. The molecule has 0 aromatic heterocycles. The number of esters is 5. The van der Waals surface area contributed by atoms with Crippen molar-refractivity contribution >= 4 is 29.8 Å². The van der Waals surface area contributed by atoms with Crippen LogP contribution in [-0.2, 0) is 42.9 Å². The van der Waals surface area contributed by atoms with Gasteiger partial charge in [-0.05, 0) is 50.5 Å². The Labute approximate surface area is 284 Å². The van der Waals surface area contributed by atoms with Crippen molar-refractivity contribution in [2.75, 3.05) is 6.61 Å². The molecule has 4 N–H and O–H groups in total. The maximum Gasteiger partial charge on any atom is 0.338 e. The number of carbonyl (C=O) groups excluding carboxylic acids is 5. The minimum atomic E-state index is -2.51. The van der Waals surface area contributed by atoms with Gasteiger partial charge in [-0.25, -0.2) is 4.79 Å². The molecule has 270 valence electrons. The SMILES string of the molecule is CC(=O)OC[C@]1(O)[C@@H](OC(C)=O)C[C@@H](OC(C)=O)[C@@]2(C)[C@@H](OC(C)=O)[C@H](OC(=O)c3ccccc3)C3=C(C)[C@@H](O)C[C@@]3(C(C)(C)O)[C@@H](O)[C@@H]12. The zero-order valence-corrected chi connectivity index (χ0v) is 28.9. The lowest BCUT2D eigenvalue weighted by atomic mass is 9.51. The molecule has 0 saturated heterocycles. The van der Waals surface area contributed by atoms with Crippen LogP contribution in [0.3, 0.4) is 0 Å². The van der Waals surface area contributed by atoms with Crippen LogP contribution in [0.15, 0.2) is 41.5 Å². The number of aliphatic hydroxyl groups is 4. The summed E-state index contributed by atoms with van der Waals surface area (Å²) in [6, 6.07) is 7.84. The highest BCUT2D eigenvalue weighted by Crippen LogP contribution is 2.66. The molecule has 2 fully saturated rings. The zero-order valence-electron chi connectivity index (χ0n) is 28.9. The van der Waals surface area contributed by atoms with E-state index in [1.165, 1.54) is 39.8 Å². The lowest BCUT2D eigenvalue weighted by Gasteiger charge is -2.60. The van der Waals surface area contributed by atoms with Crippen LogP contribution in [0.25, 0.3) is 0 Å². The smallest absolute Gasteiger partial charge is 0.338 e. The minimum absolute atomic E-state index is 0.0200. The van der Waals surface area contributed by atoms with E-state index in [0.717, 1.165) is 27.7 Å². The van der Waals surface area contributed by atoms with Gasteiger partial charge in [0.25, 0.3) is 0 Å². The van der Waals surface area contributed by atoms with E-state index in [4.69, 9.17) is 23.7 Å². The molecule has 14 nitrogen and oxygen atoms in total. The summed E-state index contributed by atoms with van der Waals surface area (Å²) < 4.78 is 28.9. The molecule has 3 aliphatic rings. The van der Waals surface area contributed by atoms with Gasteiger partial charge in [-0.3, -0.25) is 19.2 Å². The van der Waals surface area contributed by atoms with Crippen molar-refractivity contribution < 1.29 is 68.1 Å². The third kappa shape index (κ3) is 6.46. The fourth-order valence-electron chi connectivity index (χ4n) is 8.50. The molecule has 0 spiro atoms. The third-order valence-electron chi connectivity index (χ3n) is 10.6. The molecular formula is C35H46O14. The van der Waals surface area contributed by atoms with Gasteiger partial charge in [0.05, 0.1) is 34.2 Å². The Morgan fingerprint density at radius 2 is 1.41 bits per heavy atom. The number of ether oxygens (including phenoxy) is 5. The van der Waals surface area contributed by atoms with Crippen molar-refractivity contribution in [3.05, 3.63) is 47.0 Å². The van der Waals surface area contributed by atoms with Gasteiger partial charge in [-0.2, -0.15) is 0 Å². The molecule has 0 aliphatic heterocycles. The van der Waals surface area contributed by atoms with Crippen molar-refractivity contribution in [3.8, 4) is 0 Å². The molecule has 0 heterocycles. The summed E-state index contributed by atoms with van der Waals surface area (Å²) in [5, 5.41) is 49.2. The van der Waals surface area contributed by atoms with E-state index in [0.29, 0.717) is 0 Å². The summed E-state index contributed by atoms with van der Waals surface area (Å²) in [5.74, 6) is -6.04. The van der Waals surface area contributed by atoms with Crippen molar-refractivity contribution in [2.45, 2.75) is 116 Å². The number of hydrogen-bond acceptors (Lipinski definition) is 14. The molecule has 10 atom stereocenters. The third-order valence-corrected chi connectivity index (χ3v) is 10.6. The van der Waals surface area contributed by atoms with Gasteiger partial charge in [0.1, 0.15) is 24.4 Å². The van der Waals surface area contributed by atoms with Crippen LogP contribution in [0.4, 0.5) is 0 Å². The highest BCUT2D eigenvalue weighted by molar-refractivity contribution is 5.89. The molecule has 0 amide bonds. The molecule has 0 unspecified atom stereocenters. The molecule has 1 aromatic carbocycles. The normalized spacial score (nSPS) is 35.6. The molecule has 4 rings (SSSR count). The Morgan fingerprint density at radius 3 is 1.92 bits per heavy atom. The summed E-state index contributed by atoms with van der Waals surface area (Å²) in [6.07, 6.45) is -10.5. The Bertz CT molecular complexity index is 1510. The van der Waals surface area contributed by atoms with Crippen LogP contribution < -0.4 is 0 Å². The number of benzene rings is 1. The van der Waals surface area contributed by atoms with E-state index >= 15 is 0 Å². The number of carbonyl (C=O) groups is 5. The second kappa shape index (κ2) is 13.5. The second-order valence-corrected chi connectivity index (χ2v) is 14.1. The quantitative estimate of drug-likeness (QED) is 0.173. The molecule has 1 aromatic rings. The predicted molar refractivity (Wildman–Crippen MR) is 168 cm³/mol. The first kappa shape index (κ1) is 38.0. The molecule has 14 heteroatoms. The van der Waals surface area contributed by atoms with Gasteiger partial charge in [-0.15, -0.1) is 0 Å². The Hall–Kier alpha value is -3.85. The average molecular weight is 691 g/mol. The van der Waals surface area contributed by atoms with Crippen LogP contribution in [0.5, 0.6) is 0 Å². The topological polar surface area (TPSA) is 212 Å². The first-order valence-corrected chi connectivity index (χ1v) is 16.1. The molecule has 49 heavy (non-hydrogen) atoms. The molecule has 2 saturated carbocycles. The molecule has 3 aliphatic carbocycles. The van der Waals surface area contributed by atoms with Gasteiger partial charge in [-0.1, -0.05) is 25.1 Å². The monoisotopic (exact) mass is 690 g/mol. The highest BCUT2D eigenvalue weighted by atomic mass is 16.6. The van der Waals surface area contributed by atoms with E-state index in [1.54, 1.807) is 18.2 Å². The molecular weight excluding hydrogens is 644 g/mol. The minimum Gasteiger partial charge on any atom is -0.463 e. The summed E-state index contributed by atoms with van der Waals surface area (Å²) in [7, 11) is 0. The van der Waals surface area contributed by atoms with Crippen molar-refractivity contribution in [1.82, 2.24) is 0 Å². The van der Waals surface area contributed by atoms with Crippen LogP contribution in [0.2, 0.25) is 0 Å². The number of rotatable bonds is 8. The summed E-state index contributed by atoms with van der Waals surface area (Å²) in [5.41, 5.74) is -8.08. The fourth-order valence-corrected chi connectivity index (χ4v) is 8.50. The fraction of sp³-hybridized carbons (Fsp3) is 0.629. The van der Waals surface area contributed by atoms with Crippen molar-refractivity contribution in [1.29, 1.82) is 0 Å². The van der Waals surface area contributed by atoms with Gasteiger partial charge in [0, 0.05) is 40.0 Å². The van der Waals surface area contributed by atoms with Gasteiger partial charge in [0.2, 0.25) is 0 Å². The first-order valence-electron chi connectivity index (χ1n) is 16.1. The maximum absolute atomic E-state index is 13.8. The number of aliphatic hydroxyl groups excluding tert-OH is 2. The van der Waals surface area contributed by atoms with E-state index in [-0.39, 0.29) is 23.1 Å². The number of hydrogen-bond donors (Lipinski definition) is 4. The van der Waals surface area contributed by atoms with Gasteiger partial charge < -0.3 is 44.1 Å². The van der Waals surface area contributed by atoms with Gasteiger partial charge in [0.15, 0.2) is 12.2 Å². The van der Waals surface area contributed by atoms with E-state index < -0.39 is 107 Å². The highest BCUT2D eigenvalue weighted by Gasteiger charge is 2.77. The van der Waals surface area contributed by atoms with Crippen molar-refractivity contribution in [3.63, 3.8) is 0 Å². The van der Waals surface area contributed by atoms with Crippen LogP contribution in [0.1, 0.15) is 78.6 Å². The summed E-state index contributed by atoms with van der Waals surface area (Å²) in [4.78, 5) is 64.2. The van der Waals surface area contributed by atoms with Gasteiger partial charge >= 0.3 is 29.8 Å². The Kier molecular flexibility index (Phi) is 10.4. The van der Waals surface area contributed by atoms with Crippen molar-refractivity contribution in [2.24, 2.45) is 16.7 Å². The van der Waals surface area contributed by atoms with Crippen LogP contribution in [-0.4, -0.2) is 105 Å². The average Bonchev–Trinajstić information content (AvgIpc) is 3.23.